The molecule has 4 aliphatic rings. The molecular weight excluding hydrogens is 408 g/mol. The van der Waals surface area contributed by atoms with Crippen LogP contribution in [0.5, 0.6) is 0 Å². The van der Waals surface area contributed by atoms with Crippen molar-refractivity contribution in [2.75, 3.05) is 0 Å². The monoisotopic (exact) mass is 468 g/mol. The topological polar surface area (TPSA) is 0 Å². The Morgan fingerprint density at radius 3 is 2.21 bits per heavy atom. The first-order chi connectivity index (χ1) is 15.7. The molecule has 0 bridgehead atoms. The quantitative estimate of drug-likeness (QED) is 0.340. The van der Waals surface area contributed by atoms with E-state index in [0.717, 1.165) is 47.3 Å². The molecule has 0 aromatic heterocycles. The van der Waals surface area contributed by atoms with Crippen molar-refractivity contribution >= 4 is 0 Å². The number of hydrogen-bond donors (Lipinski definition) is 0. The highest BCUT2D eigenvalue weighted by molar-refractivity contribution is 5.24. The van der Waals surface area contributed by atoms with Crippen molar-refractivity contribution in [3.63, 3.8) is 0 Å². The number of hydrogen-bond acceptors (Lipinski definition) is 0. The molecule has 0 aromatic rings. The molecule has 0 radical (unpaired) electrons. The van der Waals surface area contributed by atoms with Crippen molar-refractivity contribution in [2.45, 2.75) is 140 Å². The van der Waals surface area contributed by atoms with Crippen LogP contribution in [0, 0.1) is 63.6 Å². The van der Waals surface area contributed by atoms with Gasteiger partial charge in [-0.1, -0.05) is 79.9 Å². The van der Waals surface area contributed by atoms with E-state index in [1.54, 1.807) is 5.57 Å². The first-order valence-electron chi connectivity index (χ1n) is 15.4. The van der Waals surface area contributed by atoms with E-state index >= 15 is 0 Å². The molecule has 0 N–H and O–H groups in total. The van der Waals surface area contributed by atoms with Gasteiger partial charge in [-0.2, -0.15) is 0 Å². The van der Waals surface area contributed by atoms with Crippen LogP contribution in [0.15, 0.2) is 11.1 Å². The second-order valence-electron chi connectivity index (χ2n) is 16.4. The molecule has 0 amide bonds. The molecule has 0 spiro atoms. The van der Waals surface area contributed by atoms with Gasteiger partial charge < -0.3 is 0 Å². The smallest absolute Gasteiger partial charge is 0.0226 e. The summed E-state index contributed by atoms with van der Waals surface area (Å²) in [5.74, 6) is 7.48. The predicted molar refractivity (Wildman–Crippen MR) is 150 cm³/mol. The minimum Gasteiger partial charge on any atom is -0.0738 e. The van der Waals surface area contributed by atoms with E-state index in [1.165, 1.54) is 70.6 Å². The van der Waals surface area contributed by atoms with Crippen LogP contribution in [-0.2, 0) is 0 Å². The van der Waals surface area contributed by atoms with Gasteiger partial charge in [-0.15, -0.1) is 0 Å². The maximum absolute atomic E-state index is 2.78. The minimum absolute atomic E-state index is 0.453. The third-order valence-electron chi connectivity index (χ3n) is 11.8. The Morgan fingerprint density at radius 1 is 0.912 bits per heavy atom. The average Bonchev–Trinajstić information content (AvgIpc) is 3.03. The first-order valence-corrected chi connectivity index (χ1v) is 15.4. The zero-order valence-corrected chi connectivity index (χ0v) is 24.9. The van der Waals surface area contributed by atoms with Crippen LogP contribution in [0.1, 0.15) is 140 Å². The molecule has 3 fully saturated rings. The lowest BCUT2D eigenvalue weighted by atomic mass is 9.41. The number of rotatable bonds is 6. The van der Waals surface area contributed by atoms with E-state index in [-0.39, 0.29) is 0 Å². The van der Waals surface area contributed by atoms with Crippen molar-refractivity contribution in [1.82, 2.24) is 0 Å². The molecule has 4 aliphatic carbocycles. The molecule has 3 saturated carbocycles. The Morgan fingerprint density at radius 2 is 1.59 bits per heavy atom. The van der Waals surface area contributed by atoms with Gasteiger partial charge in [0.15, 0.2) is 0 Å². The Hall–Kier alpha value is -0.260. The maximum atomic E-state index is 2.78. The van der Waals surface area contributed by atoms with E-state index in [9.17, 15) is 0 Å². The Balaban J connectivity index is 1.67. The van der Waals surface area contributed by atoms with Crippen LogP contribution in [-0.4, -0.2) is 0 Å². The molecule has 8 unspecified atom stereocenters. The molecule has 8 atom stereocenters. The summed E-state index contributed by atoms with van der Waals surface area (Å²) in [5.41, 5.74) is 5.27. The molecule has 196 valence electrons. The summed E-state index contributed by atoms with van der Waals surface area (Å²) in [4.78, 5) is 0. The summed E-state index contributed by atoms with van der Waals surface area (Å²) in [6.07, 6.45) is 16.2. The zero-order valence-electron chi connectivity index (χ0n) is 24.9. The van der Waals surface area contributed by atoms with Gasteiger partial charge in [0.1, 0.15) is 0 Å². The van der Waals surface area contributed by atoms with E-state index in [4.69, 9.17) is 0 Å². The second kappa shape index (κ2) is 9.56. The fourth-order valence-corrected chi connectivity index (χ4v) is 10.3. The fraction of sp³-hybridized carbons (Fsp3) is 0.941. The SMILES string of the molecule is CC1=C(CC(C)C)CC2(C)C(C1)CC(CC(C)(C)C)C1C3CCC(CCC(C)C)C3(C)CCC12. The first kappa shape index (κ1) is 26.8. The Bertz CT molecular complexity index is 746. The fourth-order valence-electron chi connectivity index (χ4n) is 10.3. The van der Waals surface area contributed by atoms with Crippen molar-refractivity contribution in [3.05, 3.63) is 11.1 Å². The molecular formula is C34H60. The summed E-state index contributed by atoms with van der Waals surface area (Å²) >= 11 is 0. The summed E-state index contributed by atoms with van der Waals surface area (Å²) in [5, 5.41) is 0. The molecule has 0 heteroatoms. The third kappa shape index (κ3) is 4.96. The van der Waals surface area contributed by atoms with Gasteiger partial charge in [0, 0.05) is 0 Å². The second-order valence-corrected chi connectivity index (χ2v) is 16.4. The van der Waals surface area contributed by atoms with E-state index < -0.39 is 0 Å². The van der Waals surface area contributed by atoms with Gasteiger partial charge in [-0.05, 0) is 135 Å². The van der Waals surface area contributed by atoms with Crippen LogP contribution < -0.4 is 0 Å². The van der Waals surface area contributed by atoms with Crippen molar-refractivity contribution in [1.29, 1.82) is 0 Å². The van der Waals surface area contributed by atoms with Crippen LogP contribution >= 0.6 is 0 Å². The highest BCUT2D eigenvalue weighted by atomic mass is 14.7. The number of allylic oxidation sites excluding steroid dienone is 2. The van der Waals surface area contributed by atoms with Gasteiger partial charge in [-0.3, -0.25) is 0 Å². The van der Waals surface area contributed by atoms with Crippen LogP contribution in [0.3, 0.4) is 0 Å². The van der Waals surface area contributed by atoms with Crippen LogP contribution in [0.2, 0.25) is 0 Å². The highest BCUT2D eigenvalue weighted by Gasteiger charge is 2.62. The lowest BCUT2D eigenvalue weighted by Gasteiger charge is -2.63. The van der Waals surface area contributed by atoms with Gasteiger partial charge >= 0.3 is 0 Å². The van der Waals surface area contributed by atoms with Crippen molar-refractivity contribution in [3.8, 4) is 0 Å². The van der Waals surface area contributed by atoms with Crippen molar-refractivity contribution in [2.24, 2.45) is 63.6 Å². The zero-order chi connectivity index (χ0) is 25.1. The van der Waals surface area contributed by atoms with Gasteiger partial charge in [0.25, 0.3) is 0 Å². The van der Waals surface area contributed by atoms with E-state index in [1.807, 2.05) is 5.57 Å². The van der Waals surface area contributed by atoms with Crippen molar-refractivity contribution < 1.29 is 0 Å². The number of fused-ring (bicyclic) bond motifs is 5. The highest BCUT2D eigenvalue weighted by Crippen LogP contribution is 2.70. The van der Waals surface area contributed by atoms with Crippen LogP contribution in [0.4, 0.5) is 0 Å². The van der Waals surface area contributed by atoms with E-state index in [0.29, 0.717) is 16.2 Å². The molecule has 0 saturated heterocycles. The predicted octanol–water partition coefficient (Wildman–Crippen LogP) is 10.7. The third-order valence-corrected chi connectivity index (χ3v) is 11.8. The summed E-state index contributed by atoms with van der Waals surface area (Å²) < 4.78 is 0. The molecule has 0 heterocycles. The summed E-state index contributed by atoms with van der Waals surface area (Å²) in [6.45, 7) is 25.3. The largest absolute Gasteiger partial charge is 0.0738 e. The standard InChI is InChI=1S/C34H60/c1-22(2)11-12-27-13-14-29-31-26(20-32(6,7)8)19-28-18-24(5)25(17-23(3)4)21-34(28,10)30(31)15-16-33(27,29)9/h22-23,26-31H,11-21H2,1-10H3. The molecule has 4 rings (SSSR count). The summed E-state index contributed by atoms with van der Waals surface area (Å²) in [6, 6.07) is 0. The average molecular weight is 469 g/mol. The van der Waals surface area contributed by atoms with Gasteiger partial charge in [0.2, 0.25) is 0 Å². The summed E-state index contributed by atoms with van der Waals surface area (Å²) in [7, 11) is 0. The van der Waals surface area contributed by atoms with Gasteiger partial charge in [0.05, 0.1) is 0 Å². The molecule has 34 heavy (non-hydrogen) atoms. The van der Waals surface area contributed by atoms with Crippen LogP contribution in [0.25, 0.3) is 0 Å². The van der Waals surface area contributed by atoms with Gasteiger partial charge in [-0.25, -0.2) is 0 Å². The Kier molecular flexibility index (Phi) is 7.53. The minimum atomic E-state index is 0.453. The lowest BCUT2D eigenvalue weighted by Crippen LogP contribution is -2.56. The molecule has 0 aromatic carbocycles. The molecule has 0 aliphatic heterocycles. The Labute approximate surface area is 214 Å². The van der Waals surface area contributed by atoms with E-state index in [2.05, 4.69) is 69.2 Å². The molecule has 0 nitrogen and oxygen atoms in total. The normalized spacial score (nSPS) is 42.7. The maximum Gasteiger partial charge on any atom is -0.0226 e. The lowest BCUT2D eigenvalue weighted by molar-refractivity contribution is -0.134.